The van der Waals surface area contributed by atoms with Crippen molar-refractivity contribution in [1.82, 2.24) is 9.71 Å². The van der Waals surface area contributed by atoms with Gasteiger partial charge in [0.25, 0.3) is 0 Å². The average Bonchev–Trinajstić information content (AvgIpc) is 2.83. The van der Waals surface area contributed by atoms with Gasteiger partial charge in [0.15, 0.2) is 5.89 Å². The molecule has 1 aromatic heterocycles. The number of rotatable bonds is 5. The Labute approximate surface area is 112 Å². The molecule has 6 heteroatoms. The molecule has 1 aromatic carbocycles. The molecule has 0 radical (unpaired) electrons. The summed E-state index contributed by atoms with van der Waals surface area (Å²) in [6.07, 6.45) is 2.31. The number of aryl methyl sites for hydroxylation is 1. The predicted octanol–water partition coefficient (Wildman–Crippen LogP) is 2.34. The summed E-state index contributed by atoms with van der Waals surface area (Å²) < 4.78 is 31.4. The van der Waals surface area contributed by atoms with Crippen molar-refractivity contribution in [2.24, 2.45) is 0 Å². The molecule has 102 valence electrons. The van der Waals surface area contributed by atoms with E-state index in [0.717, 1.165) is 12.0 Å². The van der Waals surface area contributed by atoms with E-state index in [0.29, 0.717) is 18.1 Å². The number of aromatic nitrogens is 1. The Kier molecular flexibility index (Phi) is 4.01. The van der Waals surface area contributed by atoms with Gasteiger partial charge in [-0.15, -0.1) is 0 Å². The number of nitrogens with zero attached hydrogens (tertiary/aromatic N) is 1. The third-order valence-electron chi connectivity index (χ3n) is 2.62. The van der Waals surface area contributed by atoms with Gasteiger partial charge in [-0.1, -0.05) is 19.1 Å². The fourth-order valence-corrected chi connectivity index (χ4v) is 2.75. The zero-order valence-corrected chi connectivity index (χ0v) is 11.7. The summed E-state index contributed by atoms with van der Waals surface area (Å²) >= 11 is 0. The normalized spacial score (nSPS) is 11.7. The number of hydrogen-bond donors (Lipinski definition) is 1. The summed E-state index contributed by atoms with van der Waals surface area (Å²) in [5.41, 5.74) is 1.52. The van der Waals surface area contributed by atoms with E-state index >= 15 is 0 Å². The minimum Gasteiger partial charge on any atom is -0.449 e. The van der Waals surface area contributed by atoms with Crippen LogP contribution in [-0.2, 0) is 10.0 Å². The summed E-state index contributed by atoms with van der Waals surface area (Å²) in [4.78, 5) is 4.45. The maximum absolute atomic E-state index is 11.9. The van der Waals surface area contributed by atoms with Gasteiger partial charge >= 0.3 is 0 Å². The smallest absolute Gasteiger partial charge is 0.240 e. The molecular weight excluding hydrogens is 264 g/mol. The van der Waals surface area contributed by atoms with Crippen LogP contribution in [0.2, 0.25) is 0 Å². The summed E-state index contributed by atoms with van der Waals surface area (Å²) in [6.45, 7) is 4.11. The van der Waals surface area contributed by atoms with Gasteiger partial charge in [-0.2, -0.15) is 0 Å². The Morgan fingerprint density at radius 1 is 1.26 bits per heavy atom. The van der Waals surface area contributed by atoms with E-state index in [-0.39, 0.29) is 4.90 Å². The molecule has 5 nitrogen and oxygen atoms in total. The Morgan fingerprint density at radius 2 is 1.95 bits per heavy atom. The number of benzene rings is 1. The van der Waals surface area contributed by atoms with E-state index in [1.54, 1.807) is 37.5 Å². The topological polar surface area (TPSA) is 72.2 Å². The van der Waals surface area contributed by atoms with Crippen molar-refractivity contribution in [3.63, 3.8) is 0 Å². The van der Waals surface area contributed by atoms with Gasteiger partial charge < -0.3 is 4.42 Å². The Balaban J connectivity index is 2.23. The van der Waals surface area contributed by atoms with Crippen molar-refractivity contribution in [3.8, 4) is 11.3 Å². The maximum Gasteiger partial charge on any atom is 0.240 e. The van der Waals surface area contributed by atoms with E-state index < -0.39 is 10.0 Å². The molecule has 0 atom stereocenters. The molecule has 1 heterocycles. The lowest BCUT2D eigenvalue weighted by Crippen LogP contribution is -2.24. The van der Waals surface area contributed by atoms with Crippen LogP contribution in [0.15, 0.2) is 39.8 Å². The van der Waals surface area contributed by atoms with Gasteiger partial charge in [-0.3, -0.25) is 0 Å². The van der Waals surface area contributed by atoms with Crippen LogP contribution in [-0.4, -0.2) is 19.9 Å². The molecule has 1 N–H and O–H groups in total. The molecule has 0 unspecified atom stereocenters. The molecule has 0 amide bonds. The highest BCUT2D eigenvalue weighted by Crippen LogP contribution is 2.20. The Hall–Kier alpha value is -1.66. The molecule has 2 aromatic rings. The van der Waals surface area contributed by atoms with Crippen LogP contribution in [0.3, 0.4) is 0 Å². The zero-order valence-electron chi connectivity index (χ0n) is 10.9. The van der Waals surface area contributed by atoms with Crippen molar-refractivity contribution in [2.45, 2.75) is 25.2 Å². The molecule has 0 saturated heterocycles. The average molecular weight is 280 g/mol. The lowest BCUT2D eigenvalue weighted by Gasteiger charge is -2.05. The molecule has 0 aliphatic heterocycles. The van der Waals surface area contributed by atoms with Crippen molar-refractivity contribution in [2.75, 3.05) is 6.54 Å². The van der Waals surface area contributed by atoms with Gasteiger partial charge in [0, 0.05) is 19.0 Å². The summed E-state index contributed by atoms with van der Waals surface area (Å²) in [5, 5.41) is 0. The zero-order chi connectivity index (χ0) is 13.9. The monoisotopic (exact) mass is 280 g/mol. The first-order valence-electron chi connectivity index (χ1n) is 6.05. The molecule has 0 bridgehead atoms. The first kappa shape index (κ1) is 13.8. The highest BCUT2D eigenvalue weighted by Gasteiger charge is 2.13. The number of oxazole rings is 1. The largest absolute Gasteiger partial charge is 0.449 e. The molecule has 19 heavy (non-hydrogen) atoms. The van der Waals surface area contributed by atoms with Crippen molar-refractivity contribution in [3.05, 3.63) is 36.4 Å². The highest BCUT2D eigenvalue weighted by atomic mass is 32.2. The van der Waals surface area contributed by atoms with Crippen LogP contribution < -0.4 is 4.72 Å². The first-order chi connectivity index (χ1) is 9.03. The number of nitrogens with one attached hydrogen (secondary N) is 1. The van der Waals surface area contributed by atoms with Gasteiger partial charge in [0.05, 0.1) is 4.90 Å². The fourth-order valence-electron chi connectivity index (χ4n) is 1.62. The molecule has 0 aliphatic rings. The number of hydrogen-bond acceptors (Lipinski definition) is 4. The van der Waals surface area contributed by atoms with Crippen LogP contribution in [0, 0.1) is 6.92 Å². The molecular formula is C13H16N2O3S. The van der Waals surface area contributed by atoms with E-state index in [4.69, 9.17) is 4.42 Å². The first-order valence-corrected chi connectivity index (χ1v) is 7.53. The molecule has 0 spiro atoms. The van der Waals surface area contributed by atoms with Crippen LogP contribution >= 0.6 is 0 Å². The van der Waals surface area contributed by atoms with Gasteiger partial charge in [-0.25, -0.2) is 18.1 Å². The molecule has 0 aliphatic carbocycles. The third-order valence-corrected chi connectivity index (χ3v) is 4.10. The minimum absolute atomic E-state index is 0.255. The summed E-state index contributed by atoms with van der Waals surface area (Å²) in [7, 11) is -3.41. The Bertz CT molecular complexity index is 645. The highest BCUT2D eigenvalue weighted by molar-refractivity contribution is 7.89. The molecule has 0 fully saturated rings. The van der Waals surface area contributed by atoms with Crippen LogP contribution in [0.1, 0.15) is 19.2 Å². The van der Waals surface area contributed by atoms with Gasteiger partial charge in [-0.05, 0) is 18.6 Å². The lowest BCUT2D eigenvalue weighted by molar-refractivity contribution is 0.521. The minimum atomic E-state index is -3.41. The maximum atomic E-state index is 11.9. The van der Waals surface area contributed by atoms with Gasteiger partial charge in [0.2, 0.25) is 10.0 Å². The van der Waals surface area contributed by atoms with Crippen molar-refractivity contribution >= 4 is 10.0 Å². The van der Waals surface area contributed by atoms with Gasteiger partial charge in [0.1, 0.15) is 12.0 Å². The standard InChI is InChI=1S/C13H16N2O3S/c1-3-8-14-19(16,17)12-6-4-11(5-7-12)13-9-18-10(2)15-13/h4-7,9,14H,3,8H2,1-2H3. The summed E-state index contributed by atoms with van der Waals surface area (Å²) in [5.74, 6) is 0.580. The SMILES string of the molecule is CCCNS(=O)(=O)c1ccc(-c2coc(C)n2)cc1. The van der Waals surface area contributed by atoms with E-state index in [1.165, 1.54) is 0 Å². The molecule has 2 rings (SSSR count). The van der Waals surface area contributed by atoms with Crippen LogP contribution in [0.25, 0.3) is 11.3 Å². The second kappa shape index (κ2) is 5.54. The van der Waals surface area contributed by atoms with E-state index in [2.05, 4.69) is 9.71 Å². The third kappa shape index (κ3) is 3.21. The van der Waals surface area contributed by atoms with E-state index in [1.807, 2.05) is 6.92 Å². The van der Waals surface area contributed by atoms with Crippen molar-refractivity contribution < 1.29 is 12.8 Å². The molecule has 0 saturated carbocycles. The predicted molar refractivity (Wildman–Crippen MR) is 72.2 cm³/mol. The van der Waals surface area contributed by atoms with Crippen LogP contribution in [0.4, 0.5) is 0 Å². The second-order valence-electron chi connectivity index (χ2n) is 4.17. The second-order valence-corrected chi connectivity index (χ2v) is 5.94. The van der Waals surface area contributed by atoms with Crippen LogP contribution in [0.5, 0.6) is 0 Å². The Morgan fingerprint density at radius 3 is 2.47 bits per heavy atom. The quantitative estimate of drug-likeness (QED) is 0.912. The summed E-state index contributed by atoms with van der Waals surface area (Å²) in [6, 6.07) is 6.57. The van der Waals surface area contributed by atoms with E-state index in [9.17, 15) is 8.42 Å². The fraction of sp³-hybridized carbons (Fsp3) is 0.308. The lowest BCUT2D eigenvalue weighted by atomic mass is 10.2. The number of sulfonamides is 1. The van der Waals surface area contributed by atoms with Crippen molar-refractivity contribution in [1.29, 1.82) is 0 Å².